The van der Waals surface area contributed by atoms with Gasteiger partial charge in [-0.25, -0.2) is 18.4 Å². The van der Waals surface area contributed by atoms with Gasteiger partial charge in [-0.2, -0.15) is 10.2 Å². The Labute approximate surface area is 206 Å². The number of piperazine rings is 1. The summed E-state index contributed by atoms with van der Waals surface area (Å²) in [6.07, 6.45) is 5.85. The lowest BCUT2D eigenvalue weighted by Crippen LogP contribution is -2.61. The average molecular weight is 486 g/mol. The minimum Gasteiger partial charge on any atom is -0.351 e. The summed E-state index contributed by atoms with van der Waals surface area (Å²) in [5.41, 5.74) is 3.47. The smallest absolute Gasteiger partial charge is 0.154 e. The fraction of sp³-hybridized carbons (Fsp3) is 0.296. The van der Waals surface area contributed by atoms with Gasteiger partial charge < -0.3 is 10.2 Å². The Morgan fingerprint density at radius 3 is 2.64 bits per heavy atom. The van der Waals surface area contributed by atoms with E-state index in [2.05, 4.69) is 15.3 Å². The van der Waals surface area contributed by atoms with Crippen LogP contribution in [-0.4, -0.2) is 49.7 Å². The second-order valence-electron chi connectivity index (χ2n) is 9.88. The van der Waals surface area contributed by atoms with Crippen LogP contribution in [0.1, 0.15) is 18.4 Å². The maximum Gasteiger partial charge on any atom is 0.154 e. The topological polar surface area (TPSA) is 63.8 Å². The van der Waals surface area contributed by atoms with Gasteiger partial charge in [0.2, 0.25) is 0 Å². The van der Waals surface area contributed by atoms with Crippen LogP contribution in [0, 0.1) is 18.6 Å². The van der Waals surface area contributed by atoms with Crippen molar-refractivity contribution in [3.8, 4) is 16.9 Å². The summed E-state index contributed by atoms with van der Waals surface area (Å²) in [6.45, 7) is 3.96. The van der Waals surface area contributed by atoms with Gasteiger partial charge in [0.25, 0.3) is 0 Å². The molecule has 6 heterocycles. The van der Waals surface area contributed by atoms with Crippen LogP contribution in [0.5, 0.6) is 0 Å². The van der Waals surface area contributed by atoms with Crippen molar-refractivity contribution in [2.45, 2.75) is 31.8 Å². The predicted molar refractivity (Wildman–Crippen MR) is 135 cm³/mol. The number of hydrogen-bond donors (Lipinski definition) is 1. The Kier molecular flexibility index (Phi) is 4.66. The van der Waals surface area contributed by atoms with Gasteiger partial charge in [-0.15, -0.1) is 0 Å². The molecule has 3 aliphatic rings. The number of piperidine rings is 2. The fourth-order valence-corrected chi connectivity index (χ4v) is 5.84. The molecule has 1 N–H and O–H groups in total. The van der Waals surface area contributed by atoms with Crippen molar-refractivity contribution in [3.05, 3.63) is 66.0 Å². The summed E-state index contributed by atoms with van der Waals surface area (Å²) in [5, 5.41) is 13.8. The standard InChI is InChI=1S/C27H25F2N7/c1-15-4-3-5-19-26(24-20-14-34(2)32-25(20)22(29)10-21(24)28)33-36(27(15)19)18-8-9-23(31-12-18)35-13-16-6-7-17(35)11-30-16/h3-5,8-10,12,14,16-17,30H,6-7,11,13H2,1-2H3. The molecule has 0 spiro atoms. The molecular weight excluding hydrogens is 460 g/mol. The van der Waals surface area contributed by atoms with Crippen molar-refractivity contribution < 1.29 is 8.78 Å². The van der Waals surface area contributed by atoms with Gasteiger partial charge in [-0.05, 0) is 37.5 Å². The SMILES string of the molecule is Cc1cccc2c(-c3c(F)cc(F)c4nn(C)cc34)nn(-c3ccc(N4CC5CCC4CN5)nc3)c12. The molecule has 0 radical (unpaired) electrons. The second-order valence-corrected chi connectivity index (χ2v) is 9.88. The van der Waals surface area contributed by atoms with E-state index in [0.717, 1.165) is 47.1 Å². The second kappa shape index (κ2) is 7.83. The summed E-state index contributed by atoms with van der Waals surface area (Å²) < 4.78 is 33.1. The van der Waals surface area contributed by atoms with Crippen LogP contribution in [-0.2, 0) is 7.05 Å². The zero-order valence-electron chi connectivity index (χ0n) is 20.0. The maximum atomic E-state index is 15.3. The van der Waals surface area contributed by atoms with Crippen molar-refractivity contribution in [2.75, 3.05) is 18.0 Å². The summed E-state index contributed by atoms with van der Waals surface area (Å²) in [6, 6.07) is 11.8. The first-order valence-corrected chi connectivity index (χ1v) is 12.2. The molecule has 2 aromatic carbocycles. The van der Waals surface area contributed by atoms with E-state index in [0.29, 0.717) is 23.2 Å². The molecule has 3 aliphatic heterocycles. The monoisotopic (exact) mass is 485 g/mol. The average Bonchev–Trinajstić information content (AvgIpc) is 3.47. The lowest BCUT2D eigenvalue weighted by Gasteiger charge is -2.46. The summed E-state index contributed by atoms with van der Waals surface area (Å²) in [5.74, 6) is -0.388. The Balaban J connectivity index is 1.38. The van der Waals surface area contributed by atoms with Crippen molar-refractivity contribution in [1.29, 1.82) is 0 Å². The highest BCUT2D eigenvalue weighted by atomic mass is 19.1. The van der Waals surface area contributed by atoms with Crippen molar-refractivity contribution in [2.24, 2.45) is 7.05 Å². The fourth-order valence-electron chi connectivity index (χ4n) is 5.84. The van der Waals surface area contributed by atoms with Crippen LogP contribution >= 0.6 is 0 Å². The number of aryl methyl sites for hydroxylation is 2. The first kappa shape index (κ1) is 21.4. The zero-order chi connectivity index (χ0) is 24.6. The molecule has 0 amide bonds. The molecule has 2 unspecified atom stereocenters. The third-order valence-electron chi connectivity index (χ3n) is 7.58. The molecule has 8 rings (SSSR count). The first-order valence-electron chi connectivity index (χ1n) is 12.2. The van der Waals surface area contributed by atoms with Crippen LogP contribution < -0.4 is 10.2 Å². The summed E-state index contributed by atoms with van der Waals surface area (Å²) >= 11 is 0. The van der Waals surface area contributed by atoms with E-state index < -0.39 is 11.6 Å². The van der Waals surface area contributed by atoms with E-state index in [1.165, 1.54) is 17.5 Å². The molecular formula is C27H25F2N7. The molecule has 3 saturated heterocycles. The molecule has 3 fully saturated rings. The number of halogens is 2. The highest BCUT2D eigenvalue weighted by Crippen LogP contribution is 2.38. The quantitative estimate of drug-likeness (QED) is 0.408. The number of hydrogen-bond acceptors (Lipinski definition) is 5. The van der Waals surface area contributed by atoms with Gasteiger partial charge in [-0.3, -0.25) is 4.68 Å². The van der Waals surface area contributed by atoms with Gasteiger partial charge in [-0.1, -0.05) is 18.2 Å². The number of nitrogens with zero attached hydrogens (tertiary/aromatic N) is 6. The number of pyridine rings is 1. The minimum atomic E-state index is -0.687. The van der Waals surface area contributed by atoms with Gasteiger partial charge in [0.05, 0.1) is 17.4 Å². The van der Waals surface area contributed by atoms with Gasteiger partial charge in [0.15, 0.2) is 5.82 Å². The molecule has 3 aromatic heterocycles. The Morgan fingerprint density at radius 1 is 1.03 bits per heavy atom. The van der Waals surface area contributed by atoms with Crippen molar-refractivity contribution in [1.82, 2.24) is 29.9 Å². The number of benzene rings is 2. The largest absolute Gasteiger partial charge is 0.351 e. The molecule has 182 valence electrons. The lowest BCUT2D eigenvalue weighted by molar-refractivity contribution is 0.289. The Hall–Kier alpha value is -3.85. The summed E-state index contributed by atoms with van der Waals surface area (Å²) in [4.78, 5) is 7.19. The van der Waals surface area contributed by atoms with Crippen molar-refractivity contribution in [3.63, 3.8) is 0 Å². The molecule has 0 saturated carbocycles. The molecule has 9 heteroatoms. The number of para-hydroxylation sites is 1. The molecule has 0 aliphatic carbocycles. The molecule has 36 heavy (non-hydrogen) atoms. The predicted octanol–water partition coefficient (Wildman–Crippen LogP) is 4.50. The van der Waals surface area contributed by atoms with E-state index in [-0.39, 0.29) is 11.1 Å². The third kappa shape index (κ3) is 3.15. The highest BCUT2D eigenvalue weighted by Gasteiger charge is 2.34. The molecule has 2 bridgehead atoms. The number of aromatic nitrogens is 5. The first-order chi connectivity index (χ1) is 17.5. The zero-order valence-corrected chi connectivity index (χ0v) is 20.0. The van der Waals surface area contributed by atoms with Crippen LogP contribution in [0.25, 0.3) is 38.8 Å². The van der Waals surface area contributed by atoms with Gasteiger partial charge in [0.1, 0.15) is 22.8 Å². The molecule has 5 aromatic rings. The van der Waals surface area contributed by atoms with Gasteiger partial charge >= 0.3 is 0 Å². The van der Waals surface area contributed by atoms with Crippen LogP contribution in [0.4, 0.5) is 14.6 Å². The Bertz CT molecular complexity index is 1630. The van der Waals surface area contributed by atoms with Crippen molar-refractivity contribution >= 4 is 27.6 Å². The van der Waals surface area contributed by atoms with E-state index in [1.54, 1.807) is 13.2 Å². The number of fused-ring (bicyclic) bond motifs is 5. The van der Waals surface area contributed by atoms with E-state index in [9.17, 15) is 4.39 Å². The Morgan fingerprint density at radius 2 is 1.92 bits per heavy atom. The maximum absolute atomic E-state index is 15.3. The van der Waals surface area contributed by atoms with E-state index in [1.807, 2.05) is 48.1 Å². The van der Waals surface area contributed by atoms with E-state index in [4.69, 9.17) is 10.1 Å². The van der Waals surface area contributed by atoms with Gasteiger partial charge in [0, 0.05) is 60.8 Å². The number of nitrogens with one attached hydrogen (secondary N) is 1. The lowest BCUT2D eigenvalue weighted by atomic mass is 9.93. The highest BCUT2D eigenvalue weighted by molar-refractivity contribution is 6.04. The summed E-state index contributed by atoms with van der Waals surface area (Å²) in [7, 11) is 1.69. The van der Waals surface area contributed by atoms with E-state index >= 15 is 4.39 Å². The molecule has 2 atom stereocenters. The number of rotatable bonds is 3. The normalized spacial score (nSPS) is 19.6. The minimum absolute atomic E-state index is 0.126. The van der Waals surface area contributed by atoms with Crippen LogP contribution in [0.15, 0.2) is 48.8 Å². The number of anilines is 1. The van der Waals surface area contributed by atoms with Crippen LogP contribution in [0.2, 0.25) is 0 Å². The molecule has 7 nitrogen and oxygen atoms in total. The third-order valence-corrected chi connectivity index (χ3v) is 7.58. The van der Waals surface area contributed by atoms with Crippen LogP contribution in [0.3, 0.4) is 0 Å².